The van der Waals surface area contributed by atoms with E-state index in [4.69, 9.17) is 0 Å². The number of hydrogen-bond donors (Lipinski definition) is 0. The molecule has 0 unspecified atom stereocenters. The molecule has 0 atom stereocenters. The van der Waals surface area contributed by atoms with Crippen molar-refractivity contribution in [2.75, 3.05) is 0 Å². The van der Waals surface area contributed by atoms with Crippen LogP contribution in [-0.4, -0.2) is 0 Å². The summed E-state index contributed by atoms with van der Waals surface area (Å²) in [5.41, 5.74) is 2.21. The fourth-order valence-corrected chi connectivity index (χ4v) is 3.51. The first-order valence-electron chi connectivity index (χ1n) is 9.34. The van der Waals surface area contributed by atoms with E-state index in [0.29, 0.717) is 0 Å². The predicted molar refractivity (Wildman–Crippen MR) is 94.8 cm³/mol. The molecule has 0 saturated heterocycles. The Kier molecular flexibility index (Phi) is 17.2. The van der Waals surface area contributed by atoms with Crippen molar-refractivity contribution < 1.29 is 17.0 Å². The van der Waals surface area contributed by atoms with Gasteiger partial charge in [0, 0.05) is 6.42 Å². The number of aryl methyl sites for hydroxylation is 1. The van der Waals surface area contributed by atoms with Gasteiger partial charge < -0.3 is 12.4 Å². The van der Waals surface area contributed by atoms with E-state index in [0.717, 1.165) is 0 Å². The molecule has 0 radical (unpaired) electrons. The zero-order valence-electron chi connectivity index (χ0n) is 14.6. The lowest BCUT2D eigenvalue weighted by molar-refractivity contribution is -0.692. The molecule has 0 saturated carbocycles. The third-order valence-electron chi connectivity index (χ3n) is 4.30. The second-order valence-corrected chi connectivity index (χ2v) is 7.12. The molecule has 1 aromatic rings. The average molecular weight is 346 g/mol. The van der Waals surface area contributed by atoms with E-state index in [1.165, 1.54) is 96.4 Å². The number of hydrogen-bond acceptors (Lipinski definition) is 1. The molecule has 0 N–H and O–H groups in total. The molecular formula is C19H36ClNS. The Morgan fingerprint density at radius 1 is 0.682 bits per heavy atom. The van der Waals surface area contributed by atoms with Crippen LogP contribution in [-0.2, 0) is 6.54 Å². The Balaban J connectivity index is 0.00000441. The van der Waals surface area contributed by atoms with Gasteiger partial charge >= 0.3 is 0 Å². The first kappa shape index (κ1) is 21.9. The Bertz CT molecular complexity index is 300. The van der Waals surface area contributed by atoms with Gasteiger partial charge in [0.05, 0.1) is 5.38 Å². The summed E-state index contributed by atoms with van der Waals surface area (Å²) >= 11 is 1.79. The van der Waals surface area contributed by atoms with Crippen molar-refractivity contribution >= 4 is 11.3 Å². The number of rotatable bonds is 15. The number of nitrogens with zero attached hydrogens (tertiary/aromatic N) is 1. The molecule has 0 aromatic carbocycles. The van der Waals surface area contributed by atoms with Crippen molar-refractivity contribution in [3.05, 3.63) is 17.1 Å². The smallest absolute Gasteiger partial charge is 0.224 e. The Morgan fingerprint density at radius 2 is 1.14 bits per heavy atom. The van der Waals surface area contributed by atoms with Crippen LogP contribution in [0.25, 0.3) is 0 Å². The van der Waals surface area contributed by atoms with Crippen LogP contribution in [0.1, 0.15) is 96.8 Å². The van der Waals surface area contributed by atoms with Crippen LogP contribution < -0.4 is 17.0 Å². The van der Waals surface area contributed by atoms with Gasteiger partial charge in [-0.05, 0) is 6.42 Å². The molecule has 22 heavy (non-hydrogen) atoms. The van der Waals surface area contributed by atoms with E-state index in [9.17, 15) is 0 Å². The summed E-state index contributed by atoms with van der Waals surface area (Å²) in [5, 5.41) is 2.16. The van der Waals surface area contributed by atoms with E-state index in [1.54, 1.807) is 11.3 Å². The van der Waals surface area contributed by atoms with E-state index >= 15 is 0 Å². The van der Waals surface area contributed by atoms with Crippen LogP contribution in [0.5, 0.6) is 0 Å². The van der Waals surface area contributed by atoms with E-state index in [-0.39, 0.29) is 12.4 Å². The summed E-state index contributed by atoms with van der Waals surface area (Å²) in [6.07, 6.45) is 22.4. The van der Waals surface area contributed by atoms with Gasteiger partial charge in [0.15, 0.2) is 6.20 Å². The number of halogens is 1. The minimum atomic E-state index is 0. The topological polar surface area (TPSA) is 3.88 Å². The lowest BCUT2D eigenvalue weighted by atomic mass is 10.0. The molecule has 1 aromatic heterocycles. The van der Waals surface area contributed by atoms with Crippen LogP contribution >= 0.6 is 11.3 Å². The Morgan fingerprint density at radius 3 is 1.55 bits per heavy atom. The minimum absolute atomic E-state index is 0. The van der Waals surface area contributed by atoms with Crippen LogP contribution in [0.2, 0.25) is 0 Å². The van der Waals surface area contributed by atoms with Crippen molar-refractivity contribution in [1.29, 1.82) is 0 Å². The van der Waals surface area contributed by atoms with Crippen LogP contribution in [0.3, 0.4) is 0 Å². The molecule has 0 amide bonds. The molecular weight excluding hydrogens is 310 g/mol. The van der Waals surface area contributed by atoms with Gasteiger partial charge in [0.1, 0.15) is 6.54 Å². The molecule has 1 rings (SSSR count). The van der Waals surface area contributed by atoms with Crippen LogP contribution in [0.15, 0.2) is 17.1 Å². The monoisotopic (exact) mass is 345 g/mol. The third kappa shape index (κ3) is 13.6. The molecule has 0 aliphatic carbocycles. The summed E-state index contributed by atoms with van der Waals surface area (Å²) in [4.78, 5) is 0. The maximum atomic E-state index is 2.31. The summed E-state index contributed by atoms with van der Waals surface area (Å²) in [5.74, 6) is 0. The van der Waals surface area contributed by atoms with Gasteiger partial charge in [-0.15, -0.1) is 0 Å². The van der Waals surface area contributed by atoms with Crippen LogP contribution in [0.4, 0.5) is 0 Å². The molecule has 0 bridgehead atoms. The Labute approximate surface area is 148 Å². The molecule has 0 aliphatic rings. The first-order valence-corrected chi connectivity index (χ1v) is 10.3. The molecule has 1 nitrogen and oxygen atoms in total. The second-order valence-electron chi connectivity index (χ2n) is 6.36. The summed E-state index contributed by atoms with van der Waals surface area (Å²) < 4.78 is 2.31. The summed E-state index contributed by atoms with van der Waals surface area (Å²) in [6.45, 7) is 3.50. The van der Waals surface area contributed by atoms with E-state index in [2.05, 4.69) is 28.6 Å². The van der Waals surface area contributed by atoms with Crippen molar-refractivity contribution in [2.45, 2.75) is 103 Å². The molecule has 1 heterocycles. The van der Waals surface area contributed by atoms with Crippen molar-refractivity contribution in [3.8, 4) is 0 Å². The molecule has 3 heteroatoms. The zero-order valence-corrected chi connectivity index (χ0v) is 16.1. The fraction of sp³-hybridized carbons (Fsp3) is 0.842. The highest BCUT2D eigenvalue weighted by molar-refractivity contribution is 7.07. The van der Waals surface area contributed by atoms with Crippen molar-refractivity contribution in [2.24, 2.45) is 0 Å². The minimum Gasteiger partial charge on any atom is -1.00 e. The highest BCUT2D eigenvalue weighted by Crippen LogP contribution is 2.12. The number of unbranched alkanes of at least 4 members (excludes halogenated alkanes) is 13. The third-order valence-corrected chi connectivity index (χ3v) is 4.97. The van der Waals surface area contributed by atoms with E-state index < -0.39 is 0 Å². The normalized spacial score (nSPS) is 10.6. The lowest BCUT2D eigenvalue weighted by Crippen LogP contribution is -3.00. The predicted octanol–water partition coefficient (Wildman–Crippen LogP) is 3.52. The van der Waals surface area contributed by atoms with Gasteiger partial charge in [-0.25, -0.2) is 0 Å². The molecule has 0 spiro atoms. The largest absolute Gasteiger partial charge is 1.00 e. The van der Waals surface area contributed by atoms with Gasteiger partial charge in [-0.2, -0.15) is 4.57 Å². The van der Waals surface area contributed by atoms with Gasteiger partial charge in [-0.3, -0.25) is 0 Å². The fourth-order valence-electron chi connectivity index (χ4n) is 2.88. The summed E-state index contributed by atoms with van der Waals surface area (Å²) in [6, 6.07) is 0. The molecule has 0 fully saturated rings. The van der Waals surface area contributed by atoms with Crippen molar-refractivity contribution in [3.63, 3.8) is 0 Å². The van der Waals surface area contributed by atoms with Gasteiger partial charge in [-0.1, -0.05) is 95.3 Å². The zero-order chi connectivity index (χ0) is 15.0. The van der Waals surface area contributed by atoms with Gasteiger partial charge in [0.2, 0.25) is 5.51 Å². The maximum absolute atomic E-state index is 2.31. The highest BCUT2D eigenvalue weighted by Gasteiger charge is 1.99. The molecule has 0 aliphatic heterocycles. The number of thiazole rings is 1. The SMILES string of the molecule is CCCCCCCCCCCCCCCC[n+]1ccsc1.[Cl-]. The first-order chi connectivity index (χ1) is 10.4. The van der Waals surface area contributed by atoms with Gasteiger partial charge in [0.25, 0.3) is 0 Å². The Hall–Kier alpha value is -0.0800. The standard InChI is InChI=1S/C19H36NS.ClH/c1-2-3-4-5-6-7-8-9-10-11-12-13-14-15-16-20-17-18-21-19-20;/h17-19H,2-16H2,1H3;1H/q+1;/p-1. The summed E-state index contributed by atoms with van der Waals surface area (Å²) in [7, 11) is 0. The highest BCUT2D eigenvalue weighted by atomic mass is 35.5. The number of aromatic nitrogens is 1. The lowest BCUT2D eigenvalue weighted by Gasteiger charge is -2.02. The van der Waals surface area contributed by atoms with Crippen LogP contribution in [0, 0.1) is 0 Å². The molecule has 130 valence electrons. The maximum Gasteiger partial charge on any atom is 0.224 e. The second kappa shape index (κ2) is 17.3. The average Bonchev–Trinajstić information content (AvgIpc) is 3.01. The van der Waals surface area contributed by atoms with Crippen molar-refractivity contribution in [1.82, 2.24) is 0 Å². The van der Waals surface area contributed by atoms with E-state index in [1.807, 2.05) is 0 Å². The quantitative estimate of drug-likeness (QED) is 0.338.